The third kappa shape index (κ3) is 3.34. The predicted molar refractivity (Wildman–Crippen MR) is 73.4 cm³/mol. The van der Waals surface area contributed by atoms with Crippen molar-refractivity contribution < 1.29 is 9.53 Å². The first-order chi connectivity index (χ1) is 9.06. The molecule has 0 aliphatic rings. The van der Waals surface area contributed by atoms with Crippen LogP contribution in [-0.4, -0.2) is 22.7 Å². The van der Waals surface area contributed by atoms with Crippen LogP contribution in [0, 0.1) is 20.8 Å². The first kappa shape index (κ1) is 13.1. The van der Waals surface area contributed by atoms with E-state index in [9.17, 15) is 4.79 Å². The Morgan fingerprint density at radius 2 is 2.11 bits per heavy atom. The number of hydrogen-bond donors (Lipinski definition) is 2. The van der Waals surface area contributed by atoms with Gasteiger partial charge in [-0.05, 0) is 44.0 Å². The third-order valence-corrected chi connectivity index (χ3v) is 2.95. The molecule has 0 saturated heterocycles. The summed E-state index contributed by atoms with van der Waals surface area (Å²) in [6.45, 7) is 5.87. The lowest BCUT2D eigenvalue weighted by molar-refractivity contribution is -0.118. The standard InChI is InChI=1S/C14H17N3O2/c1-9-4-5-12(6-10(9)2)19-8-14(18)16-13-7-15-17-11(13)3/h4-7H,8H2,1-3H3,(H,15,17)(H,16,18). The Balaban J connectivity index is 1.90. The molecule has 1 aromatic heterocycles. The maximum absolute atomic E-state index is 11.7. The van der Waals surface area contributed by atoms with E-state index >= 15 is 0 Å². The van der Waals surface area contributed by atoms with Crippen LogP contribution < -0.4 is 10.1 Å². The van der Waals surface area contributed by atoms with Crippen LogP contribution >= 0.6 is 0 Å². The number of nitrogens with one attached hydrogen (secondary N) is 2. The highest BCUT2D eigenvalue weighted by Crippen LogP contribution is 2.16. The summed E-state index contributed by atoms with van der Waals surface area (Å²) in [4.78, 5) is 11.7. The minimum Gasteiger partial charge on any atom is -0.484 e. The highest BCUT2D eigenvalue weighted by molar-refractivity contribution is 5.92. The Labute approximate surface area is 112 Å². The van der Waals surface area contributed by atoms with Crippen molar-refractivity contribution in [2.75, 3.05) is 11.9 Å². The highest BCUT2D eigenvalue weighted by Gasteiger charge is 2.07. The van der Waals surface area contributed by atoms with Gasteiger partial charge in [0.2, 0.25) is 0 Å². The van der Waals surface area contributed by atoms with Crippen molar-refractivity contribution in [3.8, 4) is 5.75 Å². The molecular formula is C14H17N3O2. The molecule has 5 nitrogen and oxygen atoms in total. The highest BCUT2D eigenvalue weighted by atomic mass is 16.5. The van der Waals surface area contributed by atoms with Gasteiger partial charge in [-0.1, -0.05) is 6.07 Å². The number of anilines is 1. The summed E-state index contributed by atoms with van der Waals surface area (Å²) in [6, 6.07) is 5.76. The smallest absolute Gasteiger partial charge is 0.262 e. The van der Waals surface area contributed by atoms with E-state index in [1.165, 1.54) is 5.56 Å². The van der Waals surface area contributed by atoms with Crippen LogP contribution in [0.1, 0.15) is 16.8 Å². The van der Waals surface area contributed by atoms with Gasteiger partial charge in [0.25, 0.3) is 5.91 Å². The Hall–Kier alpha value is -2.30. The molecule has 2 aromatic rings. The molecule has 0 saturated carbocycles. The molecule has 1 aromatic carbocycles. The van der Waals surface area contributed by atoms with Crippen molar-refractivity contribution in [3.05, 3.63) is 41.2 Å². The molecule has 0 aliphatic carbocycles. The van der Waals surface area contributed by atoms with Gasteiger partial charge in [-0.25, -0.2) is 0 Å². The molecule has 0 unspecified atom stereocenters. The van der Waals surface area contributed by atoms with Crippen LogP contribution in [0.5, 0.6) is 5.75 Å². The van der Waals surface area contributed by atoms with Crippen molar-refractivity contribution >= 4 is 11.6 Å². The van der Waals surface area contributed by atoms with Crippen LogP contribution in [0.25, 0.3) is 0 Å². The SMILES string of the molecule is Cc1ccc(OCC(=O)Nc2cn[nH]c2C)cc1C. The van der Waals surface area contributed by atoms with E-state index in [1.54, 1.807) is 6.20 Å². The molecule has 0 radical (unpaired) electrons. The summed E-state index contributed by atoms with van der Waals surface area (Å²) in [5, 5.41) is 9.32. The topological polar surface area (TPSA) is 67.0 Å². The minimum atomic E-state index is -0.206. The number of nitrogens with zero attached hydrogens (tertiary/aromatic N) is 1. The number of carbonyl (C=O) groups excluding carboxylic acids is 1. The number of ether oxygens (including phenoxy) is 1. The van der Waals surface area contributed by atoms with Gasteiger partial charge in [0.05, 0.1) is 17.6 Å². The predicted octanol–water partition coefficient (Wildman–Crippen LogP) is 2.35. The third-order valence-electron chi connectivity index (χ3n) is 2.95. The second-order valence-electron chi connectivity index (χ2n) is 4.49. The van der Waals surface area contributed by atoms with Crippen molar-refractivity contribution in [2.24, 2.45) is 0 Å². The van der Waals surface area contributed by atoms with Crippen LogP contribution in [0.2, 0.25) is 0 Å². The van der Waals surface area contributed by atoms with Crippen LogP contribution in [0.4, 0.5) is 5.69 Å². The van der Waals surface area contributed by atoms with E-state index in [1.807, 2.05) is 39.0 Å². The molecule has 0 fully saturated rings. The first-order valence-electron chi connectivity index (χ1n) is 6.06. The average molecular weight is 259 g/mol. The normalized spacial score (nSPS) is 10.3. The Kier molecular flexibility index (Phi) is 3.85. The number of aryl methyl sites for hydroxylation is 3. The van der Waals surface area contributed by atoms with Gasteiger partial charge in [-0.3, -0.25) is 9.89 Å². The van der Waals surface area contributed by atoms with Crippen LogP contribution in [0.3, 0.4) is 0 Å². The monoisotopic (exact) mass is 259 g/mol. The zero-order valence-corrected chi connectivity index (χ0v) is 11.3. The minimum absolute atomic E-state index is 0.0207. The van der Waals surface area contributed by atoms with Gasteiger partial charge in [-0.2, -0.15) is 5.10 Å². The van der Waals surface area contributed by atoms with Gasteiger partial charge in [0.1, 0.15) is 5.75 Å². The molecule has 1 amide bonds. The molecule has 5 heteroatoms. The zero-order valence-electron chi connectivity index (χ0n) is 11.3. The van der Waals surface area contributed by atoms with E-state index in [4.69, 9.17) is 4.74 Å². The van der Waals surface area contributed by atoms with Crippen LogP contribution in [-0.2, 0) is 4.79 Å². The molecule has 0 atom stereocenters. The van der Waals surface area contributed by atoms with Crippen molar-refractivity contribution in [3.63, 3.8) is 0 Å². The maximum Gasteiger partial charge on any atom is 0.262 e. The van der Waals surface area contributed by atoms with Crippen molar-refractivity contribution in [1.82, 2.24) is 10.2 Å². The van der Waals surface area contributed by atoms with E-state index in [0.717, 1.165) is 11.3 Å². The maximum atomic E-state index is 11.7. The average Bonchev–Trinajstić information content (AvgIpc) is 2.77. The first-order valence-corrected chi connectivity index (χ1v) is 6.06. The lowest BCUT2D eigenvalue weighted by Crippen LogP contribution is -2.20. The fraction of sp³-hybridized carbons (Fsp3) is 0.286. The summed E-state index contributed by atoms with van der Waals surface area (Å²) in [5.41, 5.74) is 3.84. The molecule has 0 spiro atoms. The van der Waals surface area contributed by atoms with Gasteiger partial charge in [-0.15, -0.1) is 0 Å². The van der Waals surface area contributed by atoms with Gasteiger partial charge in [0, 0.05) is 0 Å². The number of aromatic amines is 1. The molecule has 1 heterocycles. The van der Waals surface area contributed by atoms with Gasteiger partial charge >= 0.3 is 0 Å². The number of rotatable bonds is 4. The summed E-state index contributed by atoms with van der Waals surface area (Å²) in [5.74, 6) is 0.491. The molecule has 100 valence electrons. The zero-order chi connectivity index (χ0) is 13.8. The molecule has 19 heavy (non-hydrogen) atoms. The number of aromatic nitrogens is 2. The fourth-order valence-corrected chi connectivity index (χ4v) is 1.62. The Bertz CT molecular complexity index is 590. The largest absolute Gasteiger partial charge is 0.484 e. The van der Waals surface area contributed by atoms with E-state index in [0.29, 0.717) is 11.4 Å². The van der Waals surface area contributed by atoms with Crippen molar-refractivity contribution in [2.45, 2.75) is 20.8 Å². The second-order valence-corrected chi connectivity index (χ2v) is 4.49. The summed E-state index contributed by atoms with van der Waals surface area (Å²) < 4.78 is 5.45. The molecule has 0 bridgehead atoms. The number of benzene rings is 1. The molecule has 0 aliphatic heterocycles. The van der Waals surface area contributed by atoms with Crippen LogP contribution in [0.15, 0.2) is 24.4 Å². The molecule has 2 rings (SSSR count). The van der Waals surface area contributed by atoms with E-state index in [2.05, 4.69) is 15.5 Å². The van der Waals surface area contributed by atoms with E-state index in [-0.39, 0.29) is 12.5 Å². The Morgan fingerprint density at radius 3 is 2.74 bits per heavy atom. The molecule has 2 N–H and O–H groups in total. The summed E-state index contributed by atoms with van der Waals surface area (Å²) in [6.07, 6.45) is 1.57. The number of H-pyrrole nitrogens is 1. The quantitative estimate of drug-likeness (QED) is 0.885. The lowest BCUT2D eigenvalue weighted by Gasteiger charge is -2.08. The Morgan fingerprint density at radius 1 is 1.32 bits per heavy atom. The summed E-state index contributed by atoms with van der Waals surface area (Å²) >= 11 is 0. The van der Waals surface area contributed by atoms with Gasteiger partial charge in [0.15, 0.2) is 6.61 Å². The summed E-state index contributed by atoms with van der Waals surface area (Å²) in [7, 11) is 0. The molecular weight excluding hydrogens is 242 g/mol. The number of carbonyl (C=O) groups is 1. The fourth-order valence-electron chi connectivity index (χ4n) is 1.62. The second kappa shape index (κ2) is 5.56. The number of amides is 1. The van der Waals surface area contributed by atoms with Crippen molar-refractivity contribution in [1.29, 1.82) is 0 Å². The lowest BCUT2D eigenvalue weighted by atomic mass is 10.1. The van der Waals surface area contributed by atoms with E-state index < -0.39 is 0 Å². The van der Waals surface area contributed by atoms with Gasteiger partial charge < -0.3 is 10.1 Å². The number of hydrogen-bond acceptors (Lipinski definition) is 3.